The first-order valence-electron chi connectivity index (χ1n) is 10.9. The molecule has 0 aliphatic rings. The summed E-state index contributed by atoms with van der Waals surface area (Å²) >= 11 is 0. The van der Waals surface area contributed by atoms with Crippen molar-refractivity contribution in [2.75, 3.05) is 0 Å². The van der Waals surface area contributed by atoms with E-state index in [2.05, 4.69) is 4.74 Å². The summed E-state index contributed by atoms with van der Waals surface area (Å²) in [6, 6.07) is 0. The Hall–Kier alpha value is -2.14. The lowest BCUT2D eigenvalue weighted by Gasteiger charge is -2.45. The van der Waals surface area contributed by atoms with Crippen molar-refractivity contribution in [3.8, 4) is 0 Å². The smallest absolute Gasteiger partial charge is 0.363 e. The van der Waals surface area contributed by atoms with E-state index in [4.69, 9.17) is 0 Å². The van der Waals surface area contributed by atoms with Crippen LogP contribution in [0.1, 0.15) is 13.8 Å². The first-order valence-corrected chi connectivity index (χ1v) is 10.9. The topological polar surface area (TPSA) is 9.23 Å². The quantitative estimate of drug-likeness (QED) is 0.179. The van der Waals surface area contributed by atoms with E-state index in [1.165, 1.54) is 0 Å². The summed E-state index contributed by atoms with van der Waals surface area (Å²) in [5, 5.41) is 0. The molecule has 0 heterocycles. The summed E-state index contributed by atoms with van der Waals surface area (Å²) in [6.07, 6.45) is -44.3. The van der Waals surface area contributed by atoms with Gasteiger partial charge in [0.05, 0.1) is 0 Å². The molecule has 2 atom stereocenters. The lowest BCUT2D eigenvalue weighted by molar-refractivity contribution is -0.465. The maximum absolute atomic E-state index is 14.1. The molecule has 31 heteroatoms. The van der Waals surface area contributed by atoms with Crippen molar-refractivity contribution in [2.24, 2.45) is 0 Å². The predicted molar refractivity (Wildman–Crippen MR) is 91.5 cm³/mol. The fourth-order valence-electron chi connectivity index (χ4n) is 3.27. The summed E-state index contributed by atoms with van der Waals surface area (Å²) in [4.78, 5) is 0. The molecular weight excluding hydrogens is 802 g/mol. The maximum atomic E-state index is 14.1. The highest BCUT2D eigenvalue weighted by Crippen LogP contribution is 2.66. The highest BCUT2D eigenvalue weighted by molar-refractivity contribution is 5.19. The van der Waals surface area contributed by atoms with E-state index in [1.807, 2.05) is 0 Å². The van der Waals surface area contributed by atoms with Gasteiger partial charge in [-0.25, -0.2) is 8.78 Å². The van der Waals surface area contributed by atoms with Gasteiger partial charge in [0.2, 0.25) is 0 Å². The van der Waals surface area contributed by atoms with Gasteiger partial charge in [-0.2, -0.15) is 123 Å². The van der Waals surface area contributed by atoms with Crippen LogP contribution < -0.4 is 0 Å². The van der Waals surface area contributed by atoms with Crippen molar-refractivity contribution in [3.63, 3.8) is 0 Å². The predicted octanol–water partition coefficient (Wildman–Crippen LogP) is 10.5. The van der Waals surface area contributed by atoms with Crippen LogP contribution in [0.2, 0.25) is 0 Å². The number of hydrogen-bond donors (Lipinski definition) is 0. The second kappa shape index (κ2) is 11.7. The van der Waals surface area contributed by atoms with Crippen molar-refractivity contribution >= 4 is 0 Å². The molecule has 2 unspecified atom stereocenters. The molecular formula is C18H8F30O. The number of halogens is 30. The van der Waals surface area contributed by atoms with Crippen LogP contribution in [0.3, 0.4) is 0 Å². The molecule has 1 nitrogen and oxygen atoms in total. The maximum Gasteiger partial charge on any atom is 0.438 e. The van der Waals surface area contributed by atoms with Crippen LogP contribution in [0.15, 0.2) is 0 Å². The summed E-state index contributed by atoms with van der Waals surface area (Å²) in [5.74, 6) is -69.5. The van der Waals surface area contributed by atoms with Crippen LogP contribution >= 0.6 is 0 Å². The third kappa shape index (κ3) is 5.94. The van der Waals surface area contributed by atoms with E-state index in [0.717, 1.165) is 0 Å². The van der Waals surface area contributed by atoms with Gasteiger partial charge in [0.15, 0.2) is 0 Å². The van der Waals surface area contributed by atoms with Crippen molar-refractivity contribution in [3.05, 3.63) is 0 Å². The summed E-state index contributed by atoms with van der Waals surface area (Å²) in [5.41, 5.74) is -17.8. The Morgan fingerprint density at radius 2 is 0.429 bits per heavy atom. The van der Waals surface area contributed by atoms with E-state index in [9.17, 15) is 132 Å². The zero-order valence-electron chi connectivity index (χ0n) is 21.9. The van der Waals surface area contributed by atoms with Gasteiger partial charge < -0.3 is 4.74 Å². The van der Waals surface area contributed by atoms with Crippen LogP contribution in [0.5, 0.6) is 0 Å². The molecule has 49 heavy (non-hydrogen) atoms. The Morgan fingerprint density at radius 1 is 0.265 bits per heavy atom. The highest BCUT2D eigenvalue weighted by Gasteiger charge is 2.97. The first kappa shape index (κ1) is 46.9. The summed E-state index contributed by atoms with van der Waals surface area (Å²) in [7, 11) is 0. The third-order valence-corrected chi connectivity index (χ3v) is 6.27. The van der Waals surface area contributed by atoms with E-state index >= 15 is 0 Å². The molecule has 0 aromatic heterocycles. The fraction of sp³-hybridized carbons (Fsp3) is 1.00. The van der Waals surface area contributed by atoms with Crippen LogP contribution in [0.25, 0.3) is 0 Å². The van der Waals surface area contributed by atoms with E-state index in [0.29, 0.717) is 0 Å². The second-order valence-electron chi connectivity index (χ2n) is 9.42. The van der Waals surface area contributed by atoms with Crippen molar-refractivity contribution < 1.29 is 136 Å². The van der Waals surface area contributed by atoms with Crippen LogP contribution in [-0.2, 0) is 4.74 Å². The fourth-order valence-corrected chi connectivity index (χ4v) is 3.27. The van der Waals surface area contributed by atoms with Gasteiger partial charge >= 0.3 is 83.4 Å². The minimum atomic E-state index is -9.14. The molecule has 0 radical (unpaired) electrons. The molecule has 0 aromatic carbocycles. The van der Waals surface area contributed by atoms with Crippen molar-refractivity contribution in [1.82, 2.24) is 0 Å². The number of alkyl halides is 30. The number of rotatable bonds is 12. The van der Waals surface area contributed by atoms with Crippen LogP contribution in [0.4, 0.5) is 132 Å². The minimum absolute atomic E-state index is 1.25. The normalized spacial score (nSPS) is 18.1. The van der Waals surface area contributed by atoms with Gasteiger partial charge in [-0.05, 0) is 13.8 Å². The average Bonchev–Trinajstić information content (AvgIpc) is 2.83. The molecule has 0 bridgehead atoms. The van der Waals surface area contributed by atoms with Crippen LogP contribution in [0, 0.1) is 0 Å². The van der Waals surface area contributed by atoms with Crippen molar-refractivity contribution in [2.45, 2.75) is 109 Å². The van der Waals surface area contributed by atoms with E-state index in [-0.39, 0.29) is 0 Å². The largest absolute Gasteiger partial charge is 0.438 e. The Labute approximate surface area is 247 Å². The Morgan fingerprint density at radius 3 is 0.571 bits per heavy atom. The molecule has 0 saturated heterocycles. The van der Waals surface area contributed by atoms with Crippen molar-refractivity contribution in [1.29, 1.82) is 0 Å². The van der Waals surface area contributed by atoms with Gasteiger partial charge in [0.25, 0.3) is 0 Å². The molecule has 0 spiro atoms. The molecule has 0 rings (SSSR count). The Balaban J connectivity index is 7.12. The molecule has 296 valence electrons. The summed E-state index contributed by atoms with van der Waals surface area (Å²) in [6.45, 7) is -2.51. The molecule has 0 aliphatic heterocycles. The van der Waals surface area contributed by atoms with E-state index < -0.39 is 109 Å². The van der Waals surface area contributed by atoms with Gasteiger partial charge in [-0.1, -0.05) is 0 Å². The first-order chi connectivity index (χ1) is 20.5. The van der Waals surface area contributed by atoms with Crippen LogP contribution in [-0.4, -0.2) is 95.6 Å². The van der Waals surface area contributed by atoms with Gasteiger partial charge in [0.1, 0.15) is 12.2 Å². The van der Waals surface area contributed by atoms with Gasteiger partial charge in [-0.3, -0.25) is 0 Å². The average molecular weight is 810 g/mol. The monoisotopic (exact) mass is 810 g/mol. The molecule has 0 N–H and O–H groups in total. The standard InChI is InChI=1S/C18H8F30O/c1-3(5(19,20)9(25,26)13(33,34)11(29,30)7(23,15(37,38)39)16(40,41)42)49-4(2)6(21,22)10(27,28)14(35,36)12(31,32)8(24,17(43,44)45)18(46,47)48/h3-4H,1-2H3. The van der Waals surface area contributed by atoms with Gasteiger partial charge in [-0.15, -0.1) is 0 Å². The third-order valence-electron chi connectivity index (χ3n) is 6.27. The lowest BCUT2D eigenvalue weighted by Crippen LogP contribution is -2.76. The molecule has 0 saturated carbocycles. The Kier molecular flexibility index (Phi) is 11.2. The Bertz CT molecular complexity index is 1050. The minimum Gasteiger partial charge on any atom is -0.363 e. The molecule has 0 aliphatic carbocycles. The number of hydrogen-bond acceptors (Lipinski definition) is 1. The molecule has 0 amide bonds. The highest BCUT2D eigenvalue weighted by atomic mass is 19.5. The SMILES string of the molecule is CC(OC(C)C(F)(F)C(F)(F)C(F)(F)C(F)(F)C(F)(C(F)(F)F)C(F)(F)F)C(F)(F)C(F)(F)C(F)(F)C(F)(F)C(F)(C(F)(F)F)C(F)(F)F. The zero-order valence-corrected chi connectivity index (χ0v) is 21.9. The summed E-state index contributed by atoms with van der Waals surface area (Å²) < 4.78 is 402. The second-order valence-corrected chi connectivity index (χ2v) is 9.42. The lowest BCUT2D eigenvalue weighted by atomic mass is 9.84. The van der Waals surface area contributed by atoms with E-state index in [1.54, 1.807) is 0 Å². The van der Waals surface area contributed by atoms with Gasteiger partial charge in [0, 0.05) is 0 Å². The molecule has 0 fully saturated rings. The molecule has 0 aromatic rings. The zero-order chi connectivity index (χ0) is 40.9. The number of ether oxygens (including phenoxy) is 1.